The number of benzene rings is 2. The standard InChI is InChI=1S/C18H15FN2O2/c19-14-5-3-13(4-6-14)17(18(22)21-15-7-8-15)23-16-9-1-12(11-20)2-10-16/h1-6,9-10,15,17H,7-8H2,(H,21,22). The van der Waals surface area contributed by atoms with Crippen LogP contribution in [-0.2, 0) is 4.79 Å². The lowest BCUT2D eigenvalue weighted by Gasteiger charge is -2.19. The topological polar surface area (TPSA) is 62.1 Å². The fourth-order valence-electron chi connectivity index (χ4n) is 2.16. The van der Waals surface area contributed by atoms with Gasteiger partial charge in [-0.05, 0) is 49.2 Å². The summed E-state index contributed by atoms with van der Waals surface area (Å²) < 4.78 is 18.9. The van der Waals surface area contributed by atoms with Gasteiger partial charge in [-0.15, -0.1) is 0 Å². The predicted molar refractivity (Wildman–Crippen MR) is 82.1 cm³/mol. The highest BCUT2D eigenvalue weighted by atomic mass is 19.1. The van der Waals surface area contributed by atoms with Crippen LogP contribution in [0, 0.1) is 17.1 Å². The zero-order chi connectivity index (χ0) is 16.2. The largest absolute Gasteiger partial charge is 0.476 e. The second-order valence-corrected chi connectivity index (χ2v) is 5.47. The van der Waals surface area contributed by atoms with E-state index in [4.69, 9.17) is 10.00 Å². The Labute approximate surface area is 133 Å². The van der Waals surface area contributed by atoms with Crippen molar-refractivity contribution in [1.82, 2.24) is 5.32 Å². The Morgan fingerprint density at radius 3 is 2.39 bits per heavy atom. The normalized spacial score (nSPS) is 14.6. The van der Waals surface area contributed by atoms with E-state index in [1.807, 2.05) is 6.07 Å². The quantitative estimate of drug-likeness (QED) is 0.923. The van der Waals surface area contributed by atoms with Gasteiger partial charge in [0.15, 0.2) is 0 Å². The fourth-order valence-corrected chi connectivity index (χ4v) is 2.16. The first-order valence-electron chi connectivity index (χ1n) is 7.38. The summed E-state index contributed by atoms with van der Waals surface area (Å²) in [7, 11) is 0. The molecule has 2 aromatic carbocycles. The maximum atomic E-state index is 13.1. The van der Waals surface area contributed by atoms with E-state index in [9.17, 15) is 9.18 Å². The Morgan fingerprint density at radius 1 is 1.17 bits per heavy atom. The molecule has 0 spiro atoms. The van der Waals surface area contributed by atoms with Gasteiger partial charge in [0, 0.05) is 11.6 Å². The van der Waals surface area contributed by atoms with Crippen LogP contribution in [0.15, 0.2) is 48.5 Å². The maximum Gasteiger partial charge on any atom is 0.266 e. The Balaban J connectivity index is 1.82. The first kappa shape index (κ1) is 15.0. The molecule has 1 fully saturated rings. The second-order valence-electron chi connectivity index (χ2n) is 5.47. The molecular weight excluding hydrogens is 295 g/mol. The zero-order valence-electron chi connectivity index (χ0n) is 12.3. The highest BCUT2D eigenvalue weighted by Crippen LogP contribution is 2.25. The Bertz CT molecular complexity index is 731. The van der Waals surface area contributed by atoms with Crippen molar-refractivity contribution in [3.63, 3.8) is 0 Å². The minimum absolute atomic E-state index is 0.204. The minimum Gasteiger partial charge on any atom is -0.476 e. The van der Waals surface area contributed by atoms with Crippen LogP contribution in [0.5, 0.6) is 5.75 Å². The average molecular weight is 310 g/mol. The molecule has 23 heavy (non-hydrogen) atoms. The van der Waals surface area contributed by atoms with E-state index in [1.54, 1.807) is 24.3 Å². The van der Waals surface area contributed by atoms with Gasteiger partial charge in [-0.3, -0.25) is 4.79 Å². The summed E-state index contributed by atoms with van der Waals surface area (Å²) in [6, 6.07) is 14.4. The third-order valence-corrected chi connectivity index (χ3v) is 3.57. The Morgan fingerprint density at radius 2 is 1.83 bits per heavy atom. The lowest BCUT2D eigenvalue weighted by molar-refractivity contribution is -0.128. The molecule has 0 bridgehead atoms. The summed E-state index contributed by atoms with van der Waals surface area (Å²) in [5.74, 6) is -0.138. The van der Waals surface area contributed by atoms with E-state index in [2.05, 4.69) is 5.32 Å². The smallest absolute Gasteiger partial charge is 0.266 e. The first-order chi connectivity index (χ1) is 11.2. The van der Waals surface area contributed by atoms with Crippen molar-refractivity contribution in [3.8, 4) is 11.8 Å². The highest BCUT2D eigenvalue weighted by molar-refractivity contribution is 5.83. The molecule has 1 amide bonds. The van der Waals surface area contributed by atoms with E-state index in [0.717, 1.165) is 12.8 Å². The number of ether oxygens (including phenoxy) is 1. The van der Waals surface area contributed by atoms with Crippen LogP contribution < -0.4 is 10.1 Å². The molecule has 116 valence electrons. The Kier molecular flexibility index (Phi) is 4.24. The molecule has 2 aromatic rings. The zero-order valence-corrected chi connectivity index (χ0v) is 12.3. The molecule has 0 heterocycles. The van der Waals surface area contributed by atoms with Crippen LogP contribution in [0.2, 0.25) is 0 Å². The van der Waals surface area contributed by atoms with Crippen molar-refractivity contribution in [2.75, 3.05) is 0 Å². The van der Waals surface area contributed by atoms with Gasteiger partial charge in [0.1, 0.15) is 11.6 Å². The van der Waals surface area contributed by atoms with E-state index >= 15 is 0 Å². The summed E-state index contributed by atoms with van der Waals surface area (Å²) in [6.07, 6.45) is 1.08. The number of rotatable bonds is 5. The predicted octanol–water partition coefficient (Wildman–Crippen LogP) is 3.10. The van der Waals surface area contributed by atoms with Crippen molar-refractivity contribution in [2.45, 2.75) is 25.0 Å². The lowest BCUT2D eigenvalue weighted by atomic mass is 10.1. The van der Waals surface area contributed by atoms with E-state index in [-0.39, 0.29) is 17.8 Å². The number of nitrogens with zero attached hydrogens (tertiary/aromatic N) is 1. The molecule has 5 heteroatoms. The molecule has 0 aliphatic heterocycles. The minimum atomic E-state index is -0.857. The van der Waals surface area contributed by atoms with Crippen LogP contribution in [0.4, 0.5) is 4.39 Å². The number of halogens is 1. The van der Waals surface area contributed by atoms with E-state index in [0.29, 0.717) is 16.9 Å². The number of nitriles is 1. The number of amides is 1. The van der Waals surface area contributed by atoms with Crippen molar-refractivity contribution in [3.05, 3.63) is 65.5 Å². The van der Waals surface area contributed by atoms with Crippen molar-refractivity contribution in [1.29, 1.82) is 5.26 Å². The third kappa shape index (κ3) is 3.86. The van der Waals surface area contributed by atoms with E-state index in [1.165, 1.54) is 24.3 Å². The molecule has 1 aliphatic rings. The van der Waals surface area contributed by atoms with Gasteiger partial charge in [-0.1, -0.05) is 12.1 Å². The number of nitrogens with one attached hydrogen (secondary N) is 1. The molecule has 1 unspecified atom stereocenters. The number of hydrogen-bond donors (Lipinski definition) is 1. The second kappa shape index (κ2) is 6.49. The molecule has 4 nitrogen and oxygen atoms in total. The van der Waals surface area contributed by atoms with Crippen LogP contribution >= 0.6 is 0 Å². The van der Waals surface area contributed by atoms with Crippen LogP contribution in [0.3, 0.4) is 0 Å². The Hall–Kier alpha value is -2.87. The van der Waals surface area contributed by atoms with Crippen molar-refractivity contribution in [2.24, 2.45) is 0 Å². The SMILES string of the molecule is N#Cc1ccc(OC(C(=O)NC2CC2)c2ccc(F)cc2)cc1. The lowest BCUT2D eigenvalue weighted by Crippen LogP contribution is -2.33. The van der Waals surface area contributed by atoms with Crippen LogP contribution in [0.25, 0.3) is 0 Å². The van der Waals surface area contributed by atoms with Gasteiger partial charge in [0.25, 0.3) is 5.91 Å². The molecule has 1 saturated carbocycles. The van der Waals surface area contributed by atoms with Crippen LogP contribution in [-0.4, -0.2) is 11.9 Å². The molecule has 1 N–H and O–H groups in total. The van der Waals surface area contributed by atoms with Crippen molar-refractivity contribution >= 4 is 5.91 Å². The third-order valence-electron chi connectivity index (χ3n) is 3.57. The number of carbonyl (C=O) groups excluding carboxylic acids is 1. The van der Waals surface area contributed by atoms with Gasteiger partial charge in [-0.2, -0.15) is 5.26 Å². The number of carbonyl (C=O) groups is 1. The number of hydrogen-bond acceptors (Lipinski definition) is 3. The highest BCUT2D eigenvalue weighted by Gasteiger charge is 2.29. The summed E-state index contributed by atoms with van der Waals surface area (Å²) in [5.41, 5.74) is 1.09. The average Bonchev–Trinajstić information content (AvgIpc) is 3.38. The molecular formula is C18H15FN2O2. The monoisotopic (exact) mass is 310 g/mol. The molecule has 0 saturated heterocycles. The molecule has 1 atom stereocenters. The molecule has 0 aromatic heterocycles. The fraction of sp³-hybridized carbons (Fsp3) is 0.222. The van der Waals surface area contributed by atoms with Crippen LogP contribution in [0.1, 0.15) is 30.1 Å². The molecule has 0 radical (unpaired) electrons. The summed E-state index contributed by atoms with van der Waals surface area (Å²) in [4.78, 5) is 12.4. The first-order valence-corrected chi connectivity index (χ1v) is 7.38. The molecule has 3 rings (SSSR count). The summed E-state index contributed by atoms with van der Waals surface area (Å²) >= 11 is 0. The summed E-state index contributed by atoms with van der Waals surface area (Å²) in [5, 5.41) is 11.7. The summed E-state index contributed by atoms with van der Waals surface area (Å²) in [6.45, 7) is 0. The van der Waals surface area contributed by atoms with Gasteiger partial charge in [-0.25, -0.2) is 4.39 Å². The van der Waals surface area contributed by atoms with E-state index < -0.39 is 6.10 Å². The van der Waals surface area contributed by atoms with Crippen molar-refractivity contribution < 1.29 is 13.9 Å². The maximum absolute atomic E-state index is 13.1. The van der Waals surface area contributed by atoms with Gasteiger partial charge in [0.2, 0.25) is 6.10 Å². The molecule has 1 aliphatic carbocycles. The van der Waals surface area contributed by atoms with Gasteiger partial charge >= 0.3 is 0 Å². The van der Waals surface area contributed by atoms with Gasteiger partial charge in [0.05, 0.1) is 11.6 Å². The van der Waals surface area contributed by atoms with Gasteiger partial charge < -0.3 is 10.1 Å².